The molecular weight excluding hydrogens is 274 g/mol. The van der Waals surface area contributed by atoms with E-state index in [9.17, 15) is 4.79 Å². The van der Waals surface area contributed by atoms with Crippen molar-refractivity contribution in [3.05, 3.63) is 16.9 Å². The van der Waals surface area contributed by atoms with Crippen LogP contribution >= 0.6 is 15.9 Å². The van der Waals surface area contributed by atoms with E-state index in [4.69, 9.17) is 4.74 Å². The highest BCUT2D eigenvalue weighted by Gasteiger charge is 2.42. The number of hydrogen-bond donors (Lipinski definition) is 1. The summed E-state index contributed by atoms with van der Waals surface area (Å²) in [5, 5.41) is 7.42. The lowest BCUT2D eigenvalue weighted by molar-refractivity contribution is -0.146. The first-order valence-electron chi connectivity index (χ1n) is 5.23. The van der Waals surface area contributed by atoms with Gasteiger partial charge in [0.2, 0.25) is 0 Å². The van der Waals surface area contributed by atoms with Crippen LogP contribution in [-0.4, -0.2) is 35.4 Å². The predicted molar refractivity (Wildman–Crippen MR) is 62.0 cm³/mol. The number of nitrogens with one attached hydrogen (secondary N) is 1. The summed E-state index contributed by atoms with van der Waals surface area (Å²) in [4.78, 5) is 11.5. The first-order chi connectivity index (χ1) is 7.66. The Hall–Kier alpha value is -0.880. The fourth-order valence-electron chi connectivity index (χ4n) is 1.82. The number of ether oxygens (including phenoxy) is 1. The van der Waals surface area contributed by atoms with Crippen LogP contribution < -0.4 is 5.32 Å². The zero-order chi connectivity index (χ0) is 11.6. The first kappa shape index (κ1) is 11.6. The average Bonchev–Trinajstić information content (AvgIpc) is 2.59. The number of halogens is 1. The van der Waals surface area contributed by atoms with Gasteiger partial charge in [0.1, 0.15) is 0 Å². The second-order valence-electron chi connectivity index (χ2n) is 3.91. The molecular formula is C10H14BrN3O2. The molecule has 0 bridgehead atoms. The number of esters is 1. The van der Waals surface area contributed by atoms with Gasteiger partial charge < -0.3 is 10.1 Å². The van der Waals surface area contributed by atoms with Crippen molar-refractivity contribution < 1.29 is 9.53 Å². The maximum atomic E-state index is 11.5. The number of carbonyl (C=O) groups is 1. The highest BCUT2D eigenvalue weighted by molar-refractivity contribution is 9.10. The molecule has 0 unspecified atom stereocenters. The van der Waals surface area contributed by atoms with Crippen LogP contribution in [0.2, 0.25) is 0 Å². The topological polar surface area (TPSA) is 56.2 Å². The molecule has 16 heavy (non-hydrogen) atoms. The molecule has 1 aliphatic rings. The summed E-state index contributed by atoms with van der Waals surface area (Å²) in [5.74, 6) is -0.171. The molecule has 2 heterocycles. The third-order valence-electron chi connectivity index (χ3n) is 2.72. The van der Waals surface area contributed by atoms with Gasteiger partial charge in [0, 0.05) is 19.3 Å². The third kappa shape index (κ3) is 2.12. The molecule has 0 spiro atoms. The van der Waals surface area contributed by atoms with Gasteiger partial charge in [-0.3, -0.25) is 9.48 Å². The normalized spacial score (nSPS) is 17.9. The van der Waals surface area contributed by atoms with Crippen molar-refractivity contribution in [3.63, 3.8) is 0 Å². The Labute approximate surface area is 102 Å². The summed E-state index contributed by atoms with van der Waals surface area (Å²) >= 11 is 3.35. The highest BCUT2D eigenvalue weighted by atomic mass is 79.9. The van der Waals surface area contributed by atoms with Gasteiger partial charge in [-0.15, -0.1) is 0 Å². The Morgan fingerprint density at radius 2 is 2.50 bits per heavy atom. The van der Waals surface area contributed by atoms with Crippen LogP contribution in [0.4, 0.5) is 0 Å². The molecule has 0 atom stereocenters. The van der Waals surface area contributed by atoms with Gasteiger partial charge in [-0.25, -0.2) is 0 Å². The van der Waals surface area contributed by atoms with Crippen molar-refractivity contribution >= 4 is 21.9 Å². The quantitative estimate of drug-likeness (QED) is 0.836. The molecule has 1 aromatic rings. The van der Waals surface area contributed by atoms with Gasteiger partial charge in [-0.05, 0) is 22.9 Å². The Bertz CT molecular complexity index is 387. The highest BCUT2D eigenvalue weighted by Crippen LogP contribution is 2.27. The summed E-state index contributed by atoms with van der Waals surface area (Å²) in [6, 6.07) is 0. The summed E-state index contributed by atoms with van der Waals surface area (Å²) < 4.78 is 7.74. The summed E-state index contributed by atoms with van der Waals surface area (Å²) in [6.07, 6.45) is 3.98. The van der Waals surface area contributed by atoms with E-state index in [1.54, 1.807) is 6.20 Å². The standard InChI is InChI=1S/C10H14BrN3O2/c1-2-16-9(15)3-10(6-12-7-10)14-5-8(11)4-13-14/h4-5,12H,2-3,6-7H2,1H3. The molecule has 1 fully saturated rings. The molecule has 6 heteroatoms. The minimum absolute atomic E-state index is 0.171. The Morgan fingerprint density at radius 1 is 1.75 bits per heavy atom. The van der Waals surface area contributed by atoms with E-state index in [2.05, 4.69) is 26.3 Å². The van der Waals surface area contributed by atoms with E-state index >= 15 is 0 Å². The van der Waals surface area contributed by atoms with Crippen molar-refractivity contribution in [1.82, 2.24) is 15.1 Å². The third-order valence-corrected chi connectivity index (χ3v) is 3.13. The monoisotopic (exact) mass is 287 g/mol. The maximum absolute atomic E-state index is 11.5. The molecule has 0 aromatic carbocycles. The van der Waals surface area contributed by atoms with E-state index < -0.39 is 0 Å². The molecule has 5 nitrogen and oxygen atoms in total. The molecule has 1 N–H and O–H groups in total. The Balaban J connectivity index is 2.11. The average molecular weight is 288 g/mol. The molecule has 0 aliphatic carbocycles. The summed E-state index contributed by atoms with van der Waals surface area (Å²) in [7, 11) is 0. The van der Waals surface area contributed by atoms with Crippen LogP contribution in [0.1, 0.15) is 13.3 Å². The maximum Gasteiger partial charge on any atom is 0.308 e. The van der Waals surface area contributed by atoms with Crippen LogP contribution in [0, 0.1) is 0 Å². The smallest absolute Gasteiger partial charge is 0.308 e. The lowest BCUT2D eigenvalue weighted by Crippen LogP contribution is -2.61. The second-order valence-corrected chi connectivity index (χ2v) is 4.83. The minimum atomic E-state index is -0.252. The van der Waals surface area contributed by atoms with Crippen LogP contribution in [-0.2, 0) is 15.1 Å². The Morgan fingerprint density at radius 3 is 2.94 bits per heavy atom. The molecule has 2 rings (SSSR count). The molecule has 88 valence electrons. The number of aromatic nitrogens is 2. The van der Waals surface area contributed by atoms with Gasteiger partial charge >= 0.3 is 5.97 Å². The van der Waals surface area contributed by atoms with Crippen molar-refractivity contribution in [3.8, 4) is 0 Å². The van der Waals surface area contributed by atoms with E-state index in [1.165, 1.54) is 0 Å². The lowest BCUT2D eigenvalue weighted by atomic mass is 9.89. The second kappa shape index (κ2) is 4.55. The van der Waals surface area contributed by atoms with Crippen molar-refractivity contribution in [2.75, 3.05) is 19.7 Å². The fraction of sp³-hybridized carbons (Fsp3) is 0.600. The molecule has 1 aromatic heterocycles. The van der Waals surface area contributed by atoms with Gasteiger partial charge in [0.05, 0.1) is 29.2 Å². The summed E-state index contributed by atoms with van der Waals surface area (Å²) in [5.41, 5.74) is -0.252. The SMILES string of the molecule is CCOC(=O)CC1(n2cc(Br)cn2)CNC1. The molecule has 1 saturated heterocycles. The van der Waals surface area contributed by atoms with Crippen LogP contribution in [0.15, 0.2) is 16.9 Å². The molecule has 1 aliphatic heterocycles. The number of nitrogens with zero attached hydrogens (tertiary/aromatic N) is 2. The number of hydrogen-bond acceptors (Lipinski definition) is 4. The van der Waals surface area contributed by atoms with Crippen molar-refractivity contribution in [1.29, 1.82) is 0 Å². The molecule has 0 amide bonds. The fourth-order valence-corrected chi connectivity index (χ4v) is 2.11. The van der Waals surface area contributed by atoms with E-state index in [1.807, 2.05) is 17.8 Å². The lowest BCUT2D eigenvalue weighted by Gasteiger charge is -2.41. The van der Waals surface area contributed by atoms with E-state index in [0.29, 0.717) is 13.0 Å². The minimum Gasteiger partial charge on any atom is -0.466 e. The van der Waals surface area contributed by atoms with Gasteiger partial charge in [0.15, 0.2) is 0 Å². The number of rotatable bonds is 4. The van der Waals surface area contributed by atoms with Crippen molar-refractivity contribution in [2.45, 2.75) is 18.9 Å². The Kier molecular flexibility index (Phi) is 3.30. The molecule has 0 radical (unpaired) electrons. The number of carbonyl (C=O) groups excluding carboxylic acids is 1. The summed E-state index contributed by atoms with van der Waals surface area (Å²) in [6.45, 7) is 3.74. The first-order valence-corrected chi connectivity index (χ1v) is 6.02. The van der Waals surface area contributed by atoms with Crippen molar-refractivity contribution in [2.24, 2.45) is 0 Å². The van der Waals surface area contributed by atoms with Gasteiger partial charge in [0.25, 0.3) is 0 Å². The molecule has 0 saturated carbocycles. The van der Waals surface area contributed by atoms with E-state index in [-0.39, 0.29) is 11.5 Å². The van der Waals surface area contributed by atoms with E-state index in [0.717, 1.165) is 17.6 Å². The largest absolute Gasteiger partial charge is 0.466 e. The van der Waals surface area contributed by atoms with Gasteiger partial charge in [-0.2, -0.15) is 5.10 Å². The zero-order valence-corrected chi connectivity index (χ0v) is 10.7. The van der Waals surface area contributed by atoms with Crippen LogP contribution in [0.5, 0.6) is 0 Å². The van der Waals surface area contributed by atoms with Crippen LogP contribution in [0.3, 0.4) is 0 Å². The zero-order valence-electron chi connectivity index (χ0n) is 9.07. The van der Waals surface area contributed by atoms with Gasteiger partial charge in [-0.1, -0.05) is 0 Å². The predicted octanol–water partition coefficient (Wildman–Crippen LogP) is 0.897. The van der Waals surface area contributed by atoms with Crippen LogP contribution in [0.25, 0.3) is 0 Å².